The quantitative estimate of drug-likeness (QED) is 0.167. The Morgan fingerprint density at radius 1 is 0.179 bits per heavy atom. The van der Waals surface area contributed by atoms with Gasteiger partial charge in [0.2, 0.25) is 0 Å². The minimum Gasteiger partial charge on any atom is -0.309 e. The van der Waals surface area contributed by atoms with E-state index < -0.39 is 0 Å². The first kappa shape index (κ1) is 66.9. The van der Waals surface area contributed by atoms with Crippen LogP contribution in [0.5, 0.6) is 0 Å². The van der Waals surface area contributed by atoms with Gasteiger partial charge >= 0.3 is 0 Å². The van der Waals surface area contributed by atoms with Crippen molar-refractivity contribution in [3.05, 3.63) is 408 Å². The molecule has 0 atom stereocenters. The van der Waals surface area contributed by atoms with Crippen molar-refractivity contribution in [1.29, 1.82) is 0 Å². The fourth-order valence-electron chi connectivity index (χ4n) is 20.4. The predicted octanol–water partition coefficient (Wildman–Crippen LogP) is 28.4. The number of benzene rings is 16. The predicted molar refractivity (Wildman–Crippen MR) is 473 cm³/mol. The first-order valence-electron chi connectivity index (χ1n) is 39.6. The summed E-state index contributed by atoms with van der Waals surface area (Å²) in [4.78, 5) is 0. The van der Waals surface area contributed by atoms with Crippen molar-refractivity contribution in [2.24, 2.45) is 0 Å². The fraction of sp³-hybridized carbons (Fsp3) is 0.111. The van der Waals surface area contributed by atoms with E-state index in [1.54, 1.807) is 0 Å². The Balaban J connectivity index is 0.0000000943. The summed E-state index contributed by atoms with van der Waals surface area (Å²) in [6.07, 6.45) is 0. The normalized spacial score (nSPS) is 14.4. The second kappa shape index (κ2) is 25.1. The van der Waals surface area contributed by atoms with Crippen molar-refractivity contribution in [3.63, 3.8) is 0 Å². The third kappa shape index (κ3) is 9.73. The van der Waals surface area contributed by atoms with Gasteiger partial charge in [0.25, 0.3) is 0 Å². The van der Waals surface area contributed by atoms with Gasteiger partial charge in [-0.3, -0.25) is 0 Å². The number of rotatable bonds is 4. The Kier molecular flexibility index (Phi) is 15.0. The molecule has 0 radical (unpaired) electrons. The van der Waals surface area contributed by atoms with Crippen LogP contribution in [0.15, 0.2) is 364 Å². The Hall–Kier alpha value is -13.3. The molecule has 4 aliphatic carbocycles. The topological polar surface area (TPSA) is 19.7 Å². The summed E-state index contributed by atoms with van der Waals surface area (Å²) in [6, 6.07) is 132. The minimum absolute atomic E-state index is 0.0120. The average molecular weight is 1440 g/mol. The van der Waals surface area contributed by atoms with Crippen LogP contribution in [0.2, 0.25) is 0 Å². The lowest BCUT2D eigenvalue weighted by Crippen LogP contribution is -2.15. The van der Waals surface area contributed by atoms with Gasteiger partial charge in [-0.2, -0.15) is 0 Å². The van der Waals surface area contributed by atoms with E-state index in [0.717, 1.165) is 0 Å². The molecule has 0 saturated carbocycles. The molecule has 4 aliphatic rings. The monoisotopic (exact) mass is 1440 g/mol. The molecule has 4 aromatic heterocycles. The summed E-state index contributed by atoms with van der Waals surface area (Å²) in [6.45, 7) is 18.8. The number of hydrogen-bond donors (Lipinski definition) is 0. The average Bonchev–Trinajstić information content (AvgIpc) is 1.57. The fourth-order valence-corrected chi connectivity index (χ4v) is 20.4. The molecule has 112 heavy (non-hydrogen) atoms. The summed E-state index contributed by atoms with van der Waals surface area (Å²) in [5.41, 5.74) is 37.6. The largest absolute Gasteiger partial charge is 0.309 e. The first-order valence-corrected chi connectivity index (χ1v) is 39.6. The van der Waals surface area contributed by atoms with Gasteiger partial charge in [0, 0.05) is 93.1 Å². The lowest BCUT2D eigenvalue weighted by atomic mass is 9.80. The summed E-state index contributed by atoms with van der Waals surface area (Å²) in [7, 11) is 0. The van der Waals surface area contributed by atoms with Gasteiger partial charge in [0.05, 0.1) is 44.1 Å². The van der Waals surface area contributed by atoms with Gasteiger partial charge in [0.15, 0.2) is 0 Å². The molecule has 0 amide bonds. The third-order valence-corrected chi connectivity index (χ3v) is 25.5. The van der Waals surface area contributed by atoms with Crippen molar-refractivity contribution in [2.75, 3.05) is 0 Å². The smallest absolute Gasteiger partial charge is 0.0622 e. The number of fused-ring (bicyclic) bond motifs is 27. The van der Waals surface area contributed by atoms with Gasteiger partial charge < -0.3 is 18.3 Å². The van der Waals surface area contributed by atoms with Crippen LogP contribution in [0.25, 0.3) is 154 Å². The highest BCUT2D eigenvalue weighted by Crippen LogP contribution is 2.58. The number of nitrogens with zero attached hydrogens (tertiary/aromatic N) is 4. The van der Waals surface area contributed by atoms with Crippen molar-refractivity contribution >= 4 is 87.2 Å². The maximum atomic E-state index is 2.45. The van der Waals surface area contributed by atoms with Crippen molar-refractivity contribution in [1.82, 2.24) is 18.3 Å². The molecule has 0 fully saturated rings. The molecule has 4 heteroatoms. The Morgan fingerprint density at radius 3 is 1.04 bits per heavy atom. The molecular weight excluding hydrogens is 1350 g/mol. The van der Waals surface area contributed by atoms with Crippen molar-refractivity contribution in [2.45, 2.75) is 77.0 Å². The summed E-state index contributed by atoms with van der Waals surface area (Å²) < 4.78 is 9.66. The standard InChI is InChI=1S/4C27H21N/c1-27(2)22-14-8-6-13-21(22)25-23(27)17-16-20-19-12-7-9-15-24(19)28(26(20)25)18-10-4-3-5-11-18;1-27(2)23-14-8-6-12-19(23)21-16-22-20-13-7-9-15-25(20)28(26(22)17-24(21)27)18-10-4-3-5-11-18;1-27(2)22-14-8-6-12-19(22)20-16-17-24-25(26(20)27)21-13-7-9-15-23(21)28(24)18-10-4-3-5-11-18;1-27(2)21-14-8-6-12-19(21)25-22(27)16-17-24-26(25)20-13-7-9-15-23(20)28(24)18-10-4-3-5-11-18/h4*3-17H,1-2H3. The van der Waals surface area contributed by atoms with E-state index in [1.165, 1.54) is 199 Å². The summed E-state index contributed by atoms with van der Waals surface area (Å²) in [5.74, 6) is 0. The van der Waals surface area contributed by atoms with E-state index in [9.17, 15) is 0 Å². The second-order valence-corrected chi connectivity index (χ2v) is 33.0. The van der Waals surface area contributed by atoms with Crippen molar-refractivity contribution in [3.8, 4) is 67.3 Å². The maximum absolute atomic E-state index is 2.45. The van der Waals surface area contributed by atoms with E-state index in [1.807, 2.05) is 0 Å². The third-order valence-electron chi connectivity index (χ3n) is 25.5. The van der Waals surface area contributed by atoms with Gasteiger partial charge in [-0.05, 0) is 181 Å². The Bertz CT molecular complexity index is 7140. The second-order valence-electron chi connectivity index (χ2n) is 33.0. The lowest BCUT2D eigenvalue weighted by molar-refractivity contribution is 0.660. The molecule has 0 saturated heterocycles. The van der Waals surface area contributed by atoms with Crippen LogP contribution in [0, 0.1) is 0 Å². The van der Waals surface area contributed by atoms with E-state index in [-0.39, 0.29) is 21.7 Å². The van der Waals surface area contributed by atoms with Gasteiger partial charge in [-0.15, -0.1) is 0 Å². The van der Waals surface area contributed by atoms with E-state index in [2.05, 4.69) is 438 Å². The van der Waals surface area contributed by atoms with E-state index >= 15 is 0 Å². The Morgan fingerprint density at radius 2 is 0.518 bits per heavy atom. The van der Waals surface area contributed by atoms with Crippen molar-refractivity contribution < 1.29 is 0 Å². The molecule has 4 nitrogen and oxygen atoms in total. The highest BCUT2D eigenvalue weighted by molar-refractivity contribution is 6.20. The van der Waals surface area contributed by atoms with Gasteiger partial charge in [-0.25, -0.2) is 0 Å². The van der Waals surface area contributed by atoms with Gasteiger partial charge in [-0.1, -0.05) is 322 Å². The number of aromatic nitrogens is 4. The van der Waals surface area contributed by atoms with E-state index in [4.69, 9.17) is 0 Å². The molecule has 0 aliphatic heterocycles. The van der Waals surface area contributed by atoms with E-state index in [0.29, 0.717) is 0 Å². The molecule has 536 valence electrons. The molecular formula is C108H84N4. The van der Waals surface area contributed by atoms with Crippen LogP contribution in [0.1, 0.15) is 99.9 Å². The van der Waals surface area contributed by atoms with Crippen LogP contribution in [-0.2, 0) is 21.7 Å². The summed E-state index contributed by atoms with van der Waals surface area (Å²) >= 11 is 0. The molecule has 0 unspecified atom stereocenters. The zero-order chi connectivity index (χ0) is 75.5. The lowest BCUT2D eigenvalue weighted by Gasteiger charge is -2.22. The molecule has 0 spiro atoms. The molecule has 0 bridgehead atoms. The molecule has 4 heterocycles. The summed E-state index contributed by atoms with van der Waals surface area (Å²) in [5, 5.41) is 10.7. The zero-order valence-electron chi connectivity index (χ0n) is 64.4. The van der Waals surface area contributed by atoms with Gasteiger partial charge in [0.1, 0.15) is 0 Å². The van der Waals surface area contributed by atoms with Crippen LogP contribution < -0.4 is 0 Å². The molecule has 16 aromatic carbocycles. The van der Waals surface area contributed by atoms with Crippen LogP contribution in [-0.4, -0.2) is 18.3 Å². The first-order chi connectivity index (χ1) is 54.7. The number of hydrogen-bond acceptors (Lipinski definition) is 0. The van der Waals surface area contributed by atoms with Crippen LogP contribution >= 0.6 is 0 Å². The highest BCUT2D eigenvalue weighted by Gasteiger charge is 2.42. The molecule has 20 aromatic rings. The Labute approximate surface area is 654 Å². The molecule has 0 N–H and O–H groups in total. The highest BCUT2D eigenvalue weighted by atomic mass is 15.0. The minimum atomic E-state index is -0.0168. The maximum Gasteiger partial charge on any atom is 0.0622 e. The number of para-hydroxylation sites is 8. The van der Waals surface area contributed by atoms with Crippen LogP contribution in [0.3, 0.4) is 0 Å². The SMILES string of the molecule is CC1(C)c2ccccc2-c2c1ccc1c2c2ccccc2n1-c1ccccc1.CC1(C)c2ccccc2-c2c1ccc1c3ccccc3n(-c3ccccc3)c21.CC1(C)c2ccccc2-c2cc3c4ccccc4n(-c4ccccc4)c3cc21.CC1(C)c2ccccc2-c2ccc3c(c21)c1ccccc1n3-c1ccccc1. The van der Waals surface area contributed by atoms with Crippen LogP contribution in [0.4, 0.5) is 0 Å². The zero-order valence-corrected chi connectivity index (χ0v) is 64.4. The molecule has 24 rings (SSSR count).